The molecule has 0 heterocycles. The van der Waals surface area contributed by atoms with Gasteiger partial charge >= 0.3 is 0 Å². The van der Waals surface area contributed by atoms with Gasteiger partial charge in [0.2, 0.25) is 11.8 Å². The van der Waals surface area contributed by atoms with Gasteiger partial charge in [0.05, 0.1) is 10.6 Å². The predicted octanol–water partition coefficient (Wildman–Crippen LogP) is 4.81. The summed E-state index contributed by atoms with van der Waals surface area (Å²) in [5, 5.41) is 2.63. The van der Waals surface area contributed by atoms with E-state index in [0.29, 0.717) is 16.6 Å². The van der Waals surface area contributed by atoms with E-state index in [-0.39, 0.29) is 17.3 Å². The smallest absolute Gasteiger partial charge is 0.264 e. The molecule has 9 heteroatoms. The number of sulfonamides is 1. The van der Waals surface area contributed by atoms with Gasteiger partial charge in [0.25, 0.3) is 10.0 Å². The lowest BCUT2D eigenvalue weighted by Crippen LogP contribution is -2.51. The number of anilines is 1. The molecule has 3 rings (SSSR count). The number of hydrogen-bond acceptors (Lipinski definition) is 4. The van der Waals surface area contributed by atoms with Crippen LogP contribution in [0.15, 0.2) is 82.2 Å². The van der Waals surface area contributed by atoms with Gasteiger partial charge in [-0.3, -0.25) is 13.9 Å². The van der Waals surface area contributed by atoms with Crippen LogP contribution in [0.1, 0.15) is 30.0 Å². The molecule has 0 saturated heterocycles. The molecule has 2 amide bonds. The van der Waals surface area contributed by atoms with E-state index in [4.69, 9.17) is 0 Å². The van der Waals surface area contributed by atoms with Crippen LogP contribution in [0.4, 0.5) is 5.69 Å². The molecule has 0 bridgehead atoms. The topological polar surface area (TPSA) is 86.8 Å². The third kappa shape index (κ3) is 6.78. The molecule has 0 fully saturated rings. The van der Waals surface area contributed by atoms with E-state index in [0.717, 1.165) is 21.0 Å². The summed E-state index contributed by atoms with van der Waals surface area (Å²) in [5.74, 6) is -0.783. The Kier molecular flexibility index (Phi) is 9.50. The summed E-state index contributed by atoms with van der Waals surface area (Å²) >= 11 is 3.40. The standard InChI is InChI=1S/C28H32BrN3O4S/c1-5-26(28(34)30-4)31(18-22-10-7-6-9-21(22)3)27(33)19-32(24-12-8-11-23(29)17-24)37(35,36)25-15-13-20(2)14-16-25/h6-17,26H,5,18-19H2,1-4H3,(H,30,34)/t26-/m1/s1. The molecular weight excluding hydrogens is 554 g/mol. The molecule has 0 aliphatic carbocycles. The number of halogens is 1. The summed E-state index contributed by atoms with van der Waals surface area (Å²) < 4.78 is 29.4. The zero-order chi connectivity index (χ0) is 27.2. The van der Waals surface area contributed by atoms with Gasteiger partial charge in [0.15, 0.2) is 0 Å². The minimum absolute atomic E-state index is 0.0784. The molecule has 3 aromatic carbocycles. The van der Waals surface area contributed by atoms with Crippen LogP contribution in [0.3, 0.4) is 0 Å². The fourth-order valence-corrected chi connectivity index (χ4v) is 5.85. The second-order valence-electron chi connectivity index (χ2n) is 8.79. The van der Waals surface area contributed by atoms with Gasteiger partial charge < -0.3 is 10.2 Å². The second-order valence-corrected chi connectivity index (χ2v) is 11.6. The number of hydrogen-bond donors (Lipinski definition) is 1. The number of carbonyl (C=O) groups excluding carboxylic acids is 2. The molecule has 37 heavy (non-hydrogen) atoms. The average Bonchev–Trinajstić information content (AvgIpc) is 2.88. The Bertz CT molecular complexity index is 1360. The van der Waals surface area contributed by atoms with Crippen LogP contribution in [0.5, 0.6) is 0 Å². The molecule has 1 N–H and O–H groups in total. The minimum atomic E-state index is -4.09. The lowest BCUT2D eigenvalue weighted by Gasteiger charge is -2.33. The maximum atomic E-state index is 13.9. The molecule has 0 saturated carbocycles. The van der Waals surface area contributed by atoms with E-state index in [1.54, 1.807) is 36.4 Å². The number of benzene rings is 3. The summed E-state index contributed by atoms with van der Waals surface area (Å²) in [4.78, 5) is 28.2. The largest absolute Gasteiger partial charge is 0.357 e. The highest BCUT2D eigenvalue weighted by Gasteiger charge is 2.33. The molecule has 7 nitrogen and oxygen atoms in total. The molecule has 0 aliphatic rings. The first-order valence-electron chi connectivity index (χ1n) is 12.0. The number of rotatable bonds is 10. The third-order valence-electron chi connectivity index (χ3n) is 6.22. The van der Waals surface area contributed by atoms with E-state index in [2.05, 4.69) is 21.2 Å². The fourth-order valence-electron chi connectivity index (χ4n) is 4.05. The quantitative estimate of drug-likeness (QED) is 0.370. The van der Waals surface area contributed by atoms with Crippen LogP contribution in [0.2, 0.25) is 0 Å². The van der Waals surface area contributed by atoms with Crippen molar-refractivity contribution in [3.05, 3.63) is 94.0 Å². The highest BCUT2D eigenvalue weighted by Crippen LogP contribution is 2.27. The van der Waals surface area contributed by atoms with Gasteiger partial charge in [-0.05, 0) is 61.7 Å². The summed E-state index contributed by atoms with van der Waals surface area (Å²) in [6.07, 6.45) is 0.374. The van der Waals surface area contributed by atoms with E-state index < -0.39 is 28.5 Å². The van der Waals surface area contributed by atoms with Crippen molar-refractivity contribution in [1.82, 2.24) is 10.2 Å². The highest BCUT2D eigenvalue weighted by molar-refractivity contribution is 9.10. The van der Waals surface area contributed by atoms with Gasteiger partial charge in [-0.1, -0.05) is 70.9 Å². The lowest BCUT2D eigenvalue weighted by atomic mass is 10.1. The normalized spacial score (nSPS) is 12.0. The van der Waals surface area contributed by atoms with E-state index in [9.17, 15) is 18.0 Å². The Morgan fingerprint density at radius 2 is 1.65 bits per heavy atom. The van der Waals surface area contributed by atoms with Crippen molar-refractivity contribution in [2.24, 2.45) is 0 Å². The Labute approximate surface area is 227 Å². The summed E-state index contributed by atoms with van der Waals surface area (Å²) in [6, 6.07) is 20.2. The van der Waals surface area contributed by atoms with Gasteiger partial charge in [-0.15, -0.1) is 0 Å². The third-order valence-corrected chi connectivity index (χ3v) is 8.50. The van der Waals surface area contributed by atoms with Crippen LogP contribution in [-0.4, -0.2) is 44.8 Å². The second kappa shape index (κ2) is 12.4. The Morgan fingerprint density at radius 1 is 0.973 bits per heavy atom. The minimum Gasteiger partial charge on any atom is -0.357 e. The lowest BCUT2D eigenvalue weighted by molar-refractivity contribution is -0.140. The van der Waals surface area contributed by atoms with Gasteiger partial charge in [0.1, 0.15) is 12.6 Å². The van der Waals surface area contributed by atoms with Crippen molar-refractivity contribution in [2.75, 3.05) is 17.9 Å². The Balaban J connectivity index is 2.07. The SMILES string of the molecule is CC[C@H](C(=O)NC)N(Cc1ccccc1C)C(=O)CN(c1cccc(Br)c1)S(=O)(=O)c1ccc(C)cc1. The first-order valence-corrected chi connectivity index (χ1v) is 14.2. The average molecular weight is 587 g/mol. The van der Waals surface area contributed by atoms with Crippen LogP contribution in [0.25, 0.3) is 0 Å². The molecule has 1 atom stereocenters. The number of amides is 2. The van der Waals surface area contributed by atoms with Crippen LogP contribution >= 0.6 is 15.9 Å². The van der Waals surface area contributed by atoms with Crippen molar-refractivity contribution >= 4 is 43.5 Å². The van der Waals surface area contributed by atoms with Crippen LogP contribution < -0.4 is 9.62 Å². The molecule has 0 aliphatic heterocycles. The first kappa shape index (κ1) is 28.4. The van der Waals surface area contributed by atoms with Gasteiger partial charge in [-0.25, -0.2) is 8.42 Å². The number of carbonyl (C=O) groups is 2. The van der Waals surface area contributed by atoms with Crippen molar-refractivity contribution in [3.63, 3.8) is 0 Å². The van der Waals surface area contributed by atoms with Crippen molar-refractivity contribution in [1.29, 1.82) is 0 Å². The molecular formula is C28H32BrN3O4S. The first-order chi connectivity index (χ1) is 17.6. The Hall–Kier alpha value is -3.17. The fraction of sp³-hybridized carbons (Fsp3) is 0.286. The maximum Gasteiger partial charge on any atom is 0.264 e. The molecule has 0 radical (unpaired) electrons. The van der Waals surface area contributed by atoms with Crippen molar-refractivity contribution in [2.45, 2.75) is 44.7 Å². The molecule has 196 valence electrons. The number of likely N-dealkylation sites (N-methyl/N-ethyl adjacent to an activating group) is 1. The summed E-state index contributed by atoms with van der Waals surface area (Å²) in [7, 11) is -2.57. The van der Waals surface area contributed by atoms with Gasteiger partial charge in [0, 0.05) is 18.1 Å². The highest BCUT2D eigenvalue weighted by atomic mass is 79.9. The van der Waals surface area contributed by atoms with Crippen molar-refractivity contribution < 1.29 is 18.0 Å². The van der Waals surface area contributed by atoms with Crippen LogP contribution in [0, 0.1) is 13.8 Å². The zero-order valence-electron chi connectivity index (χ0n) is 21.4. The Morgan fingerprint density at radius 3 is 2.24 bits per heavy atom. The van der Waals surface area contributed by atoms with Crippen molar-refractivity contribution in [3.8, 4) is 0 Å². The van der Waals surface area contributed by atoms with E-state index in [1.165, 1.54) is 24.1 Å². The van der Waals surface area contributed by atoms with Gasteiger partial charge in [-0.2, -0.15) is 0 Å². The number of nitrogens with one attached hydrogen (secondary N) is 1. The molecule has 0 spiro atoms. The zero-order valence-corrected chi connectivity index (χ0v) is 23.8. The molecule has 0 aromatic heterocycles. The maximum absolute atomic E-state index is 13.9. The monoisotopic (exact) mass is 585 g/mol. The van der Waals surface area contributed by atoms with Crippen LogP contribution in [-0.2, 0) is 26.2 Å². The molecule has 0 unspecified atom stereocenters. The number of nitrogens with zero attached hydrogens (tertiary/aromatic N) is 2. The predicted molar refractivity (Wildman–Crippen MR) is 150 cm³/mol. The summed E-state index contributed by atoms with van der Waals surface area (Å²) in [5.41, 5.74) is 3.12. The van der Waals surface area contributed by atoms with E-state index >= 15 is 0 Å². The van der Waals surface area contributed by atoms with E-state index in [1.807, 2.05) is 45.0 Å². The number of aryl methyl sites for hydroxylation is 2. The molecule has 3 aromatic rings. The summed E-state index contributed by atoms with van der Waals surface area (Å²) in [6.45, 7) is 5.35.